The third-order valence-electron chi connectivity index (χ3n) is 4.02. The summed E-state index contributed by atoms with van der Waals surface area (Å²) >= 11 is 0. The highest BCUT2D eigenvalue weighted by atomic mass is 16.5. The number of ether oxygens (including phenoxy) is 1. The minimum absolute atomic E-state index is 0.358. The average molecular weight is 203 g/mol. The molecule has 80 valence electrons. The molecule has 1 saturated carbocycles. The molecule has 1 heterocycles. The zero-order chi connectivity index (χ0) is 10.3. The van der Waals surface area contributed by atoms with Gasteiger partial charge in [0.25, 0.3) is 0 Å². The van der Waals surface area contributed by atoms with Gasteiger partial charge in [0.2, 0.25) is 0 Å². The molecule has 0 radical (unpaired) electrons. The molecule has 1 saturated heterocycles. The van der Waals surface area contributed by atoms with Crippen LogP contribution in [0.2, 0.25) is 0 Å². The number of methoxy groups -OCH3 is 1. The van der Waals surface area contributed by atoms with E-state index in [1.54, 1.807) is 7.11 Å². The maximum absolute atomic E-state index is 5.48. The van der Waals surface area contributed by atoms with Crippen molar-refractivity contribution in [1.29, 1.82) is 0 Å². The third-order valence-corrected chi connectivity index (χ3v) is 4.02. The second kappa shape index (κ2) is 3.24. The Hall–Kier alpha value is -1.02. The monoisotopic (exact) mass is 203 g/mol. The van der Waals surface area contributed by atoms with Crippen molar-refractivity contribution in [1.82, 2.24) is 5.32 Å². The van der Waals surface area contributed by atoms with E-state index < -0.39 is 0 Å². The van der Waals surface area contributed by atoms with Crippen LogP contribution in [0, 0.1) is 0 Å². The van der Waals surface area contributed by atoms with E-state index in [-0.39, 0.29) is 0 Å². The van der Waals surface area contributed by atoms with Crippen LogP contribution in [-0.2, 0) is 5.41 Å². The van der Waals surface area contributed by atoms with Gasteiger partial charge in [0.1, 0.15) is 5.75 Å². The number of nitrogens with one attached hydrogen (secondary N) is 1. The number of piperidine rings is 1. The van der Waals surface area contributed by atoms with Gasteiger partial charge >= 0.3 is 0 Å². The van der Waals surface area contributed by atoms with Gasteiger partial charge in [0, 0.05) is 23.6 Å². The second-order valence-electron chi connectivity index (χ2n) is 4.80. The van der Waals surface area contributed by atoms with Crippen LogP contribution in [0.3, 0.4) is 0 Å². The lowest BCUT2D eigenvalue weighted by atomic mass is 9.79. The first kappa shape index (κ1) is 9.22. The highest BCUT2D eigenvalue weighted by molar-refractivity contribution is 5.42. The normalized spacial score (nSPS) is 33.3. The van der Waals surface area contributed by atoms with E-state index in [1.165, 1.54) is 24.8 Å². The number of para-hydroxylation sites is 1. The molecule has 2 nitrogen and oxygen atoms in total. The van der Waals surface area contributed by atoms with Gasteiger partial charge in [0.05, 0.1) is 7.11 Å². The predicted molar refractivity (Wildman–Crippen MR) is 60.3 cm³/mol. The fourth-order valence-corrected chi connectivity index (χ4v) is 3.22. The Morgan fingerprint density at radius 2 is 2.27 bits per heavy atom. The summed E-state index contributed by atoms with van der Waals surface area (Å²) < 4.78 is 5.48. The van der Waals surface area contributed by atoms with Gasteiger partial charge in [-0.05, 0) is 25.3 Å². The zero-order valence-corrected chi connectivity index (χ0v) is 9.12. The molecule has 2 aliphatic rings. The lowest BCUT2D eigenvalue weighted by Crippen LogP contribution is -2.32. The van der Waals surface area contributed by atoms with Gasteiger partial charge in [-0.25, -0.2) is 0 Å². The molecule has 2 unspecified atom stereocenters. The van der Waals surface area contributed by atoms with Crippen molar-refractivity contribution < 1.29 is 4.74 Å². The molecule has 15 heavy (non-hydrogen) atoms. The van der Waals surface area contributed by atoms with E-state index in [1.807, 2.05) is 6.07 Å². The van der Waals surface area contributed by atoms with Crippen LogP contribution in [-0.4, -0.2) is 19.7 Å². The van der Waals surface area contributed by atoms with Gasteiger partial charge < -0.3 is 10.1 Å². The molecular formula is C13H17NO. The van der Waals surface area contributed by atoms with Gasteiger partial charge in [-0.2, -0.15) is 0 Å². The lowest BCUT2D eigenvalue weighted by molar-refractivity contribution is 0.377. The summed E-state index contributed by atoms with van der Waals surface area (Å²) in [5.41, 5.74) is 1.76. The summed E-state index contributed by atoms with van der Waals surface area (Å²) in [6.07, 6.45) is 3.91. The number of rotatable bonds is 2. The van der Waals surface area contributed by atoms with Crippen LogP contribution in [0.15, 0.2) is 24.3 Å². The number of benzene rings is 1. The molecular weight excluding hydrogens is 186 g/mol. The molecule has 1 aliphatic carbocycles. The first-order valence-corrected chi connectivity index (χ1v) is 5.71. The van der Waals surface area contributed by atoms with Gasteiger partial charge in [0.15, 0.2) is 0 Å². The van der Waals surface area contributed by atoms with Crippen molar-refractivity contribution in [3.05, 3.63) is 29.8 Å². The zero-order valence-electron chi connectivity index (χ0n) is 9.12. The summed E-state index contributed by atoms with van der Waals surface area (Å²) in [6, 6.07) is 9.23. The Balaban J connectivity index is 2.04. The van der Waals surface area contributed by atoms with Crippen molar-refractivity contribution in [3.8, 4) is 5.75 Å². The first-order valence-electron chi connectivity index (χ1n) is 5.71. The Labute approximate surface area is 90.6 Å². The number of hydrogen-bond donors (Lipinski definition) is 1. The molecule has 1 N–H and O–H groups in total. The smallest absolute Gasteiger partial charge is 0.122 e. The molecule has 2 atom stereocenters. The molecule has 2 heteroatoms. The highest BCUT2D eigenvalue weighted by Crippen LogP contribution is 2.47. The van der Waals surface area contributed by atoms with Gasteiger partial charge in [-0.1, -0.05) is 18.2 Å². The lowest BCUT2D eigenvalue weighted by Gasteiger charge is -2.28. The SMILES string of the molecule is COc1ccccc1C12CCC(C1)NC2. The fourth-order valence-electron chi connectivity index (χ4n) is 3.22. The maximum atomic E-state index is 5.48. The van der Waals surface area contributed by atoms with Gasteiger partial charge in [-0.3, -0.25) is 0 Å². The summed E-state index contributed by atoms with van der Waals surface area (Å²) in [7, 11) is 1.77. The van der Waals surface area contributed by atoms with Crippen molar-refractivity contribution in [2.45, 2.75) is 30.7 Å². The Morgan fingerprint density at radius 1 is 1.40 bits per heavy atom. The van der Waals surface area contributed by atoms with Gasteiger partial charge in [-0.15, -0.1) is 0 Å². The third kappa shape index (κ3) is 1.28. The Kier molecular flexibility index (Phi) is 1.99. The van der Waals surface area contributed by atoms with Crippen molar-refractivity contribution in [2.24, 2.45) is 0 Å². The predicted octanol–water partition coefficient (Wildman–Crippen LogP) is 2.09. The van der Waals surface area contributed by atoms with Crippen LogP contribution in [0.1, 0.15) is 24.8 Å². The molecule has 0 amide bonds. The van der Waals surface area contributed by atoms with Crippen LogP contribution in [0.5, 0.6) is 5.75 Å². The van der Waals surface area contributed by atoms with Crippen LogP contribution < -0.4 is 10.1 Å². The van der Waals surface area contributed by atoms with Crippen LogP contribution in [0.25, 0.3) is 0 Å². The maximum Gasteiger partial charge on any atom is 0.122 e. The molecule has 1 aliphatic heterocycles. The molecule has 2 bridgehead atoms. The van der Waals surface area contributed by atoms with E-state index in [9.17, 15) is 0 Å². The summed E-state index contributed by atoms with van der Waals surface area (Å²) in [4.78, 5) is 0. The van der Waals surface area contributed by atoms with Crippen LogP contribution in [0.4, 0.5) is 0 Å². The summed E-state index contributed by atoms with van der Waals surface area (Å²) in [5.74, 6) is 1.06. The van der Waals surface area contributed by atoms with E-state index >= 15 is 0 Å². The topological polar surface area (TPSA) is 21.3 Å². The van der Waals surface area contributed by atoms with E-state index in [2.05, 4.69) is 23.5 Å². The number of hydrogen-bond acceptors (Lipinski definition) is 2. The summed E-state index contributed by atoms with van der Waals surface area (Å²) in [5, 5.41) is 3.59. The van der Waals surface area contributed by atoms with Crippen molar-refractivity contribution in [3.63, 3.8) is 0 Å². The Morgan fingerprint density at radius 3 is 2.87 bits per heavy atom. The minimum Gasteiger partial charge on any atom is -0.496 e. The first-order chi connectivity index (χ1) is 7.34. The van der Waals surface area contributed by atoms with E-state index in [0.29, 0.717) is 5.41 Å². The van der Waals surface area contributed by atoms with Crippen molar-refractivity contribution in [2.75, 3.05) is 13.7 Å². The molecule has 3 rings (SSSR count). The minimum atomic E-state index is 0.358. The van der Waals surface area contributed by atoms with E-state index in [4.69, 9.17) is 4.74 Å². The standard InChI is InChI=1S/C13H17NO/c1-15-12-5-3-2-4-11(12)13-7-6-10(8-13)14-9-13/h2-5,10,14H,6-9H2,1H3. The largest absolute Gasteiger partial charge is 0.496 e. The summed E-state index contributed by atoms with van der Waals surface area (Å²) in [6.45, 7) is 1.12. The molecule has 0 aromatic heterocycles. The molecule has 2 fully saturated rings. The Bertz CT molecular complexity index is 367. The second-order valence-corrected chi connectivity index (χ2v) is 4.80. The van der Waals surface area contributed by atoms with Crippen LogP contribution >= 0.6 is 0 Å². The molecule has 0 spiro atoms. The van der Waals surface area contributed by atoms with Crippen molar-refractivity contribution >= 4 is 0 Å². The highest BCUT2D eigenvalue weighted by Gasteiger charge is 2.46. The fraction of sp³-hybridized carbons (Fsp3) is 0.538. The average Bonchev–Trinajstić information content (AvgIpc) is 2.90. The van der Waals surface area contributed by atoms with E-state index in [0.717, 1.165) is 18.3 Å². The molecule has 1 aromatic rings. The number of fused-ring (bicyclic) bond motifs is 2. The quantitative estimate of drug-likeness (QED) is 0.794. The molecule has 1 aromatic carbocycles.